The highest BCUT2D eigenvalue weighted by molar-refractivity contribution is 5.94. The number of piperazine rings is 1. The second-order valence-corrected chi connectivity index (χ2v) is 8.41. The molecule has 4 nitrogen and oxygen atoms in total. The number of nitrogens with one attached hydrogen (secondary N) is 1. The van der Waals surface area contributed by atoms with Crippen LogP contribution in [0.25, 0.3) is 0 Å². The van der Waals surface area contributed by atoms with E-state index in [1.54, 1.807) is 0 Å². The first kappa shape index (κ1) is 26.7. The third-order valence-electron chi connectivity index (χ3n) is 5.99. The predicted octanol–water partition coefficient (Wildman–Crippen LogP) is 6.70. The van der Waals surface area contributed by atoms with Gasteiger partial charge >= 0.3 is 0 Å². The summed E-state index contributed by atoms with van der Waals surface area (Å²) in [6.07, 6.45) is 5.51. The molecule has 2 aromatic rings. The molecule has 0 saturated carbocycles. The summed E-state index contributed by atoms with van der Waals surface area (Å²) < 4.78 is 0. The Morgan fingerprint density at radius 2 is 1.48 bits per heavy atom. The number of fused-ring (bicyclic) bond motifs is 1. The lowest BCUT2D eigenvalue weighted by molar-refractivity contribution is -0.135. The molecule has 2 aromatic carbocycles. The summed E-state index contributed by atoms with van der Waals surface area (Å²) in [5, 5.41) is 2.15. The van der Waals surface area contributed by atoms with Crippen LogP contribution in [0.3, 0.4) is 0 Å². The number of amides is 1. The molecular weight excluding hydrogens is 406 g/mol. The molecule has 0 aromatic heterocycles. The van der Waals surface area contributed by atoms with E-state index in [2.05, 4.69) is 85.8 Å². The van der Waals surface area contributed by atoms with Crippen molar-refractivity contribution in [2.24, 2.45) is 0 Å². The van der Waals surface area contributed by atoms with Gasteiger partial charge in [-0.2, -0.15) is 0 Å². The van der Waals surface area contributed by atoms with Gasteiger partial charge in [-0.1, -0.05) is 107 Å². The van der Waals surface area contributed by atoms with Crippen molar-refractivity contribution in [3.05, 3.63) is 82.6 Å². The molecule has 2 atom stereocenters. The van der Waals surface area contributed by atoms with E-state index >= 15 is 0 Å². The number of hydrogen-bond acceptors (Lipinski definition) is 3. The zero-order valence-corrected chi connectivity index (χ0v) is 21.7. The molecule has 4 heteroatoms. The van der Waals surface area contributed by atoms with E-state index in [1.165, 1.54) is 22.3 Å². The van der Waals surface area contributed by atoms with Crippen LogP contribution in [0.2, 0.25) is 0 Å². The highest BCUT2D eigenvalue weighted by atomic mass is 16.2. The van der Waals surface area contributed by atoms with Crippen LogP contribution in [0.4, 0.5) is 0 Å². The zero-order chi connectivity index (χ0) is 24.4. The van der Waals surface area contributed by atoms with Crippen molar-refractivity contribution in [2.75, 3.05) is 6.54 Å². The van der Waals surface area contributed by atoms with Gasteiger partial charge in [0.25, 0.3) is 5.91 Å². The van der Waals surface area contributed by atoms with Gasteiger partial charge in [-0.25, -0.2) is 5.43 Å². The molecule has 2 unspecified atom stereocenters. The van der Waals surface area contributed by atoms with Crippen LogP contribution in [0, 0.1) is 13.8 Å². The first-order valence-corrected chi connectivity index (χ1v) is 12.7. The standard InChI is InChI=1S/C25H31N3O.2C2H6/c1-4-5-6-22-17-27(16-20-11-7-18(2)8-12-20)25(29)24-15-23(26-28(22)24)21-13-9-19(3)10-14-21;2*1-2/h7-15,22-23,26H,4-6,16-17H2,1-3H3;2*1-2H3. The topological polar surface area (TPSA) is 35.6 Å². The van der Waals surface area contributed by atoms with Crippen LogP contribution < -0.4 is 5.43 Å². The fourth-order valence-electron chi connectivity index (χ4n) is 4.21. The van der Waals surface area contributed by atoms with Gasteiger partial charge in [0.2, 0.25) is 0 Å². The molecule has 0 bridgehead atoms. The fourth-order valence-corrected chi connectivity index (χ4v) is 4.21. The number of hydrogen-bond donors (Lipinski definition) is 1. The predicted molar refractivity (Wildman–Crippen MR) is 140 cm³/mol. The van der Waals surface area contributed by atoms with Crippen LogP contribution in [-0.4, -0.2) is 28.4 Å². The quantitative estimate of drug-likeness (QED) is 0.533. The highest BCUT2D eigenvalue weighted by Crippen LogP contribution is 2.32. The Kier molecular flexibility index (Phi) is 10.7. The lowest BCUT2D eigenvalue weighted by Crippen LogP contribution is -2.56. The van der Waals surface area contributed by atoms with Gasteiger partial charge in [0, 0.05) is 13.1 Å². The summed E-state index contributed by atoms with van der Waals surface area (Å²) in [4.78, 5) is 15.3. The molecule has 1 N–H and O–H groups in total. The van der Waals surface area contributed by atoms with Crippen molar-refractivity contribution in [1.82, 2.24) is 15.3 Å². The smallest absolute Gasteiger partial charge is 0.271 e. The van der Waals surface area contributed by atoms with Gasteiger partial charge in [-0.15, -0.1) is 0 Å². The summed E-state index contributed by atoms with van der Waals surface area (Å²) >= 11 is 0. The van der Waals surface area contributed by atoms with E-state index in [1.807, 2.05) is 32.6 Å². The molecule has 4 rings (SSSR count). The number of rotatable bonds is 6. The lowest BCUT2D eigenvalue weighted by atomic mass is 10.0. The van der Waals surface area contributed by atoms with Crippen molar-refractivity contribution >= 4 is 5.91 Å². The van der Waals surface area contributed by atoms with Gasteiger partial charge in [-0.3, -0.25) is 9.80 Å². The molecule has 2 aliphatic heterocycles. The Hall–Kier alpha value is -2.59. The average molecular weight is 450 g/mol. The minimum Gasteiger partial charge on any atom is -0.331 e. The van der Waals surface area contributed by atoms with E-state index < -0.39 is 0 Å². The summed E-state index contributed by atoms with van der Waals surface area (Å²) in [6, 6.07) is 17.4. The van der Waals surface area contributed by atoms with Crippen molar-refractivity contribution in [3.63, 3.8) is 0 Å². The lowest BCUT2D eigenvalue weighted by Gasteiger charge is -2.41. The van der Waals surface area contributed by atoms with Gasteiger partial charge < -0.3 is 4.90 Å². The first-order chi connectivity index (χ1) is 16.0. The van der Waals surface area contributed by atoms with Crippen molar-refractivity contribution in [1.29, 1.82) is 0 Å². The van der Waals surface area contributed by atoms with E-state index in [-0.39, 0.29) is 11.9 Å². The van der Waals surface area contributed by atoms with Gasteiger partial charge in [0.05, 0.1) is 12.1 Å². The van der Waals surface area contributed by atoms with Gasteiger partial charge in [0.1, 0.15) is 5.70 Å². The van der Waals surface area contributed by atoms with Crippen LogP contribution in [-0.2, 0) is 11.3 Å². The molecule has 33 heavy (non-hydrogen) atoms. The minimum absolute atomic E-state index is 0.0537. The Balaban J connectivity index is 0.000000914. The molecule has 180 valence electrons. The largest absolute Gasteiger partial charge is 0.331 e. The summed E-state index contributed by atoms with van der Waals surface area (Å²) in [7, 11) is 0. The second-order valence-electron chi connectivity index (χ2n) is 8.41. The van der Waals surface area contributed by atoms with Gasteiger partial charge in [-0.05, 0) is 37.5 Å². The number of carbonyl (C=O) groups excluding carboxylic acids is 1. The molecule has 0 radical (unpaired) electrons. The molecule has 1 fully saturated rings. The summed E-state index contributed by atoms with van der Waals surface area (Å²) in [6.45, 7) is 15.8. The molecule has 2 aliphatic rings. The van der Waals surface area contributed by atoms with Crippen LogP contribution >= 0.6 is 0 Å². The Morgan fingerprint density at radius 1 is 0.909 bits per heavy atom. The Bertz CT molecular complexity index is 886. The van der Waals surface area contributed by atoms with E-state index in [4.69, 9.17) is 0 Å². The second kappa shape index (κ2) is 13.2. The number of benzene rings is 2. The van der Waals surface area contributed by atoms with Crippen molar-refractivity contribution in [3.8, 4) is 0 Å². The maximum absolute atomic E-state index is 13.3. The maximum atomic E-state index is 13.3. The van der Waals surface area contributed by atoms with Crippen LogP contribution in [0.5, 0.6) is 0 Å². The molecule has 1 saturated heterocycles. The number of unbranched alkanes of at least 4 members (excludes halogenated alkanes) is 1. The minimum atomic E-state index is 0.0537. The van der Waals surface area contributed by atoms with E-state index in [9.17, 15) is 4.79 Å². The maximum Gasteiger partial charge on any atom is 0.271 e. The molecule has 1 amide bonds. The third kappa shape index (κ3) is 6.70. The molecular formula is C29H43N3O. The SMILES string of the molecule is CC.CC.CCCCC1CN(Cc2ccc(C)cc2)C(=O)C2=CC(c3ccc(C)cc3)NN21. The normalized spacial score (nSPS) is 19.1. The van der Waals surface area contributed by atoms with Crippen LogP contribution in [0.1, 0.15) is 82.2 Å². The van der Waals surface area contributed by atoms with Crippen LogP contribution in [0.15, 0.2) is 60.3 Å². The van der Waals surface area contributed by atoms with Crippen molar-refractivity contribution in [2.45, 2.75) is 86.4 Å². The first-order valence-electron chi connectivity index (χ1n) is 12.7. The number of hydrazine groups is 1. The Labute approximate surface area is 201 Å². The zero-order valence-electron chi connectivity index (χ0n) is 21.7. The average Bonchev–Trinajstić information content (AvgIpc) is 3.30. The fraction of sp³-hybridized carbons (Fsp3) is 0.483. The number of nitrogens with zero attached hydrogens (tertiary/aromatic N) is 2. The third-order valence-corrected chi connectivity index (χ3v) is 5.99. The Morgan fingerprint density at radius 3 is 2.06 bits per heavy atom. The molecule has 2 heterocycles. The summed E-state index contributed by atoms with van der Waals surface area (Å²) in [5.41, 5.74) is 9.28. The van der Waals surface area contributed by atoms with E-state index in [0.717, 1.165) is 31.5 Å². The van der Waals surface area contributed by atoms with E-state index in [0.29, 0.717) is 12.6 Å². The van der Waals surface area contributed by atoms with Crippen molar-refractivity contribution < 1.29 is 4.79 Å². The number of carbonyl (C=O) groups is 1. The molecule has 0 aliphatic carbocycles. The summed E-state index contributed by atoms with van der Waals surface area (Å²) in [5.74, 6) is 0.125. The molecule has 0 spiro atoms. The highest BCUT2D eigenvalue weighted by Gasteiger charge is 2.40. The van der Waals surface area contributed by atoms with Gasteiger partial charge in [0.15, 0.2) is 0 Å². The monoisotopic (exact) mass is 449 g/mol. The number of aryl methyl sites for hydroxylation is 2.